The molecule has 0 aliphatic heterocycles. The molecule has 1 amide bonds. The van der Waals surface area contributed by atoms with E-state index in [1.807, 2.05) is 0 Å². The van der Waals surface area contributed by atoms with E-state index in [0.29, 0.717) is 10.8 Å². The number of carbonyl (C=O) groups is 1. The van der Waals surface area contributed by atoms with Crippen LogP contribution < -0.4 is 10.1 Å². The Hall–Kier alpha value is -2.14. The van der Waals surface area contributed by atoms with Crippen molar-refractivity contribution in [1.29, 1.82) is 0 Å². The van der Waals surface area contributed by atoms with Crippen LogP contribution in [0.1, 0.15) is 6.92 Å². The molecule has 6 heteroatoms. The van der Waals surface area contributed by atoms with Crippen LogP contribution in [0.25, 0.3) is 0 Å². The Kier molecular flexibility index (Phi) is 4.75. The lowest BCUT2D eigenvalue weighted by atomic mass is 10.2. The maximum Gasteiger partial charge on any atom is 0.265 e. The minimum Gasteiger partial charge on any atom is -0.481 e. The molecule has 0 spiro atoms. The van der Waals surface area contributed by atoms with E-state index in [2.05, 4.69) is 5.32 Å². The number of benzene rings is 2. The highest BCUT2D eigenvalue weighted by atomic mass is 35.5. The van der Waals surface area contributed by atoms with Gasteiger partial charge in [0.15, 0.2) is 17.7 Å². The summed E-state index contributed by atoms with van der Waals surface area (Å²) in [6.45, 7) is 1.54. The maximum absolute atomic E-state index is 13.0. The van der Waals surface area contributed by atoms with E-state index in [4.69, 9.17) is 16.3 Å². The molecule has 2 aromatic rings. The van der Waals surface area contributed by atoms with E-state index in [0.717, 1.165) is 12.1 Å². The second-order valence-corrected chi connectivity index (χ2v) is 4.77. The van der Waals surface area contributed by atoms with Crippen molar-refractivity contribution in [2.75, 3.05) is 5.32 Å². The van der Waals surface area contributed by atoms with Crippen LogP contribution in [0.4, 0.5) is 14.5 Å². The molecular weight excluding hydrogens is 300 g/mol. The van der Waals surface area contributed by atoms with Crippen molar-refractivity contribution in [2.45, 2.75) is 13.0 Å². The van der Waals surface area contributed by atoms with E-state index in [9.17, 15) is 13.6 Å². The molecule has 0 aliphatic rings. The largest absolute Gasteiger partial charge is 0.481 e. The summed E-state index contributed by atoms with van der Waals surface area (Å²) in [5, 5.41) is 2.93. The van der Waals surface area contributed by atoms with E-state index in [-0.39, 0.29) is 5.69 Å². The average molecular weight is 312 g/mol. The first-order chi connectivity index (χ1) is 9.95. The highest BCUT2D eigenvalue weighted by Gasteiger charge is 2.15. The lowest BCUT2D eigenvalue weighted by Crippen LogP contribution is -2.30. The molecule has 0 heterocycles. The van der Waals surface area contributed by atoms with Crippen molar-refractivity contribution in [1.82, 2.24) is 0 Å². The Morgan fingerprint density at radius 1 is 1.19 bits per heavy atom. The molecule has 1 atom stereocenters. The van der Waals surface area contributed by atoms with Crippen molar-refractivity contribution in [3.05, 3.63) is 59.1 Å². The number of ether oxygens (including phenoxy) is 1. The van der Waals surface area contributed by atoms with Crippen LogP contribution in [0.5, 0.6) is 5.75 Å². The van der Waals surface area contributed by atoms with Crippen molar-refractivity contribution < 1.29 is 18.3 Å². The first-order valence-electron chi connectivity index (χ1n) is 6.14. The molecule has 110 valence electrons. The molecule has 2 aromatic carbocycles. The quantitative estimate of drug-likeness (QED) is 0.926. The van der Waals surface area contributed by atoms with Gasteiger partial charge >= 0.3 is 0 Å². The summed E-state index contributed by atoms with van der Waals surface area (Å²) in [7, 11) is 0. The maximum atomic E-state index is 13.0. The highest BCUT2D eigenvalue weighted by molar-refractivity contribution is 6.30. The Morgan fingerprint density at radius 2 is 1.95 bits per heavy atom. The van der Waals surface area contributed by atoms with Crippen molar-refractivity contribution in [2.24, 2.45) is 0 Å². The molecule has 0 saturated heterocycles. The monoisotopic (exact) mass is 311 g/mol. The van der Waals surface area contributed by atoms with Gasteiger partial charge in [-0.3, -0.25) is 4.79 Å². The number of nitrogens with one attached hydrogen (secondary N) is 1. The zero-order valence-corrected chi connectivity index (χ0v) is 11.8. The standard InChI is InChI=1S/C15H12ClF2NO2/c1-9(21-12-4-2-3-10(16)7-12)15(20)19-11-5-6-13(17)14(18)8-11/h2-9H,1H3,(H,19,20)/t9-/m1/s1. The predicted molar refractivity (Wildman–Crippen MR) is 76.5 cm³/mol. The minimum atomic E-state index is -1.03. The SMILES string of the molecule is C[C@@H](Oc1cccc(Cl)c1)C(=O)Nc1ccc(F)c(F)c1. The lowest BCUT2D eigenvalue weighted by molar-refractivity contribution is -0.122. The summed E-state index contributed by atoms with van der Waals surface area (Å²) in [5.74, 6) is -2.05. The summed E-state index contributed by atoms with van der Waals surface area (Å²) in [5.41, 5.74) is 0.153. The van der Waals surface area contributed by atoms with Gasteiger partial charge in [-0.15, -0.1) is 0 Å². The molecule has 0 fully saturated rings. The Morgan fingerprint density at radius 3 is 2.62 bits per heavy atom. The molecule has 21 heavy (non-hydrogen) atoms. The Labute approximate surface area is 125 Å². The van der Waals surface area contributed by atoms with E-state index < -0.39 is 23.6 Å². The van der Waals surface area contributed by atoms with Crippen LogP contribution in [0.3, 0.4) is 0 Å². The van der Waals surface area contributed by atoms with Gasteiger partial charge < -0.3 is 10.1 Å². The number of amides is 1. The van der Waals surface area contributed by atoms with E-state index in [1.165, 1.54) is 13.0 Å². The fraction of sp³-hybridized carbons (Fsp3) is 0.133. The normalized spacial score (nSPS) is 11.8. The van der Waals surface area contributed by atoms with Gasteiger partial charge in [0.2, 0.25) is 0 Å². The van der Waals surface area contributed by atoms with Crippen molar-refractivity contribution >= 4 is 23.2 Å². The third-order valence-corrected chi connectivity index (χ3v) is 2.90. The van der Waals surface area contributed by atoms with Gasteiger partial charge in [0, 0.05) is 16.8 Å². The summed E-state index contributed by atoms with van der Waals surface area (Å²) >= 11 is 5.81. The number of hydrogen-bond acceptors (Lipinski definition) is 2. The third kappa shape index (κ3) is 4.16. The molecule has 2 rings (SSSR count). The van der Waals surface area contributed by atoms with Crippen LogP contribution in [0.2, 0.25) is 5.02 Å². The average Bonchev–Trinajstić information content (AvgIpc) is 2.43. The zero-order valence-electron chi connectivity index (χ0n) is 11.1. The van der Waals surface area contributed by atoms with Gasteiger partial charge in [-0.05, 0) is 37.3 Å². The fourth-order valence-corrected chi connectivity index (χ4v) is 1.80. The molecule has 0 saturated carbocycles. The number of rotatable bonds is 4. The predicted octanol–water partition coefficient (Wildman–Crippen LogP) is 4.02. The summed E-state index contributed by atoms with van der Waals surface area (Å²) in [6.07, 6.45) is -0.823. The van der Waals surface area contributed by atoms with Crippen molar-refractivity contribution in [3.8, 4) is 5.75 Å². The van der Waals surface area contributed by atoms with Crippen molar-refractivity contribution in [3.63, 3.8) is 0 Å². The van der Waals surface area contributed by atoms with Gasteiger partial charge in [0.1, 0.15) is 5.75 Å². The molecule has 0 radical (unpaired) electrons. The summed E-state index contributed by atoms with van der Waals surface area (Å²) in [4.78, 5) is 11.9. The first kappa shape index (κ1) is 15.3. The van der Waals surface area contributed by atoms with E-state index >= 15 is 0 Å². The van der Waals surface area contributed by atoms with Gasteiger partial charge in [-0.1, -0.05) is 17.7 Å². The van der Waals surface area contributed by atoms with Crippen LogP contribution >= 0.6 is 11.6 Å². The van der Waals surface area contributed by atoms with Gasteiger partial charge in [0.05, 0.1) is 0 Å². The Bertz CT molecular complexity index is 664. The van der Waals surface area contributed by atoms with Crippen LogP contribution in [0, 0.1) is 11.6 Å². The molecule has 0 aromatic heterocycles. The first-order valence-corrected chi connectivity index (χ1v) is 6.51. The Balaban J connectivity index is 2.00. The number of carbonyl (C=O) groups excluding carboxylic acids is 1. The number of hydrogen-bond donors (Lipinski definition) is 1. The molecule has 0 unspecified atom stereocenters. The topological polar surface area (TPSA) is 38.3 Å². The smallest absolute Gasteiger partial charge is 0.265 e. The van der Waals surface area contributed by atoms with E-state index in [1.54, 1.807) is 24.3 Å². The molecule has 1 N–H and O–H groups in total. The molecule has 0 aliphatic carbocycles. The van der Waals surface area contributed by atoms with Crippen LogP contribution in [-0.4, -0.2) is 12.0 Å². The van der Waals surface area contributed by atoms with Crippen LogP contribution in [0.15, 0.2) is 42.5 Å². The third-order valence-electron chi connectivity index (χ3n) is 2.67. The fourth-order valence-electron chi connectivity index (χ4n) is 1.62. The number of anilines is 1. The minimum absolute atomic E-state index is 0.153. The lowest BCUT2D eigenvalue weighted by Gasteiger charge is -2.15. The number of halogens is 3. The van der Waals surface area contributed by atoms with Gasteiger partial charge in [0.25, 0.3) is 5.91 Å². The molecule has 0 bridgehead atoms. The summed E-state index contributed by atoms with van der Waals surface area (Å²) in [6, 6.07) is 9.71. The highest BCUT2D eigenvalue weighted by Crippen LogP contribution is 2.19. The second-order valence-electron chi connectivity index (χ2n) is 4.34. The van der Waals surface area contributed by atoms with Gasteiger partial charge in [-0.2, -0.15) is 0 Å². The summed E-state index contributed by atoms with van der Waals surface area (Å²) < 4.78 is 31.3. The molecular formula is C15H12ClF2NO2. The van der Waals surface area contributed by atoms with Crippen LogP contribution in [-0.2, 0) is 4.79 Å². The second kappa shape index (κ2) is 6.54. The zero-order chi connectivity index (χ0) is 15.4. The van der Waals surface area contributed by atoms with Gasteiger partial charge in [-0.25, -0.2) is 8.78 Å². The molecule has 3 nitrogen and oxygen atoms in total.